The molecule has 0 saturated carbocycles. The van der Waals surface area contributed by atoms with Crippen LogP contribution in [0.3, 0.4) is 0 Å². The molecule has 0 spiro atoms. The minimum absolute atomic E-state index is 0. The Morgan fingerprint density at radius 2 is 0.455 bits per heavy atom. The summed E-state index contributed by atoms with van der Waals surface area (Å²) in [6.07, 6.45) is -10.4. The van der Waals surface area contributed by atoms with E-state index in [2.05, 4.69) is 0 Å². The molecule has 15 nitrogen and oxygen atoms in total. The van der Waals surface area contributed by atoms with E-state index in [1.807, 2.05) is 0 Å². The van der Waals surface area contributed by atoms with E-state index < -0.39 is 30.8 Å². The number of carboxylic acid groups (broad SMARTS) is 10. The number of hydrogen-bond acceptors (Lipinski definition) is 10. The van der Waals surface area contributed by atoms with Crippen LogP contribution in [0.15, 0.2) is 0 Å². The zero-order chi connectivity index (χ0) is 17.9. The Morgan fingerprint density at radius 3 is 0.455 bits per heavy atom. The van der Waals surface area contributed by atoms with Crippen molar-refractivity contribution in [3.05, 3.63) is 7.43 Å². The average molecular weight is 340 g/mol. The summed E-state index contributed by atoms with van der Waals surface area (Å²) in [6, 6.07) is 0. The molecule has 0 aliphatic carbocycles. The van der Waals surface area contributed by atoms with Gasteiger partial charge in [-0.3, -0.25) is 0 Å². The first-order valence-electron chi connectivity index (χ1n) is 3.16. The number of rotatable bonds is 0. The third-order valence-corrected chi connectivity index (χ3v) is 0. The van der Waals surface area contributed by atoms with Crippen molar-refractivity contribution in [1.82, 2.24) is 0 Å². The molecule has 0 rings (SSSR count). The molecule has 22 heavy (non-hydrogen) atoms. The number of carbonyl (C=O) groups is 5. The Balaban J connectivity index is -0.0000000250. The molecule has 0 aromatic heterocycles. The standard InChI is InChI=1S/5CH2O3.C.Na/c5*2-1(3)4;;/h5*(H2,2,3,4);;/q;;;;;+4;+1/p-5. The molecule has 0 aromatic rings. The van der Waals surface area contributed by atoms with Crippen molar-refractivity contribution in [2.45, 2.75) is 0 Å². The summed E-state index contributed by atoms with van der Waals surface area (Å²) in [4.78, 5) is 42.2. The molecule has 0 heterocycles. The van der Waals surface area contributed by atoms with Crippen LogP contribution >= 0.6 is 0 Å². The third-order valence-electron chi connectivity index (χ3n) is 0. The molecule has 0 aliphatic rings. The van der Waals surface area contributed by atoms with Gasteiger partial charge < -0.3 is 75.0 Å². The van der Waals surface area contributed by atoms with Gasteiger partial charge in [0.15, 0.2) is 0 Å². The molecule has 0 atom stereocenters. The van der Waals surface area contributed by atoms with Crippen molar-refractivity contribution >= 4 is 30.8 Å². The van der Waals surface area contributed by atoms with Gasteiger partial charge in [0.05, 0.1) is 0 Å². The first-order valence-corrected chi connectivity index (χ1v) is 3.16. The van der Waals surface area contributed by atoms with E-state index in [0.29, 0.717) is 0 Å². The van der Waals surface area contributed by atoms with Gasteiger partial charge in [-0.1, -0.05) is 0 Å². The van der Waals surface area contributed by atoms with Gasteiger partial charge in [-0.15, -0.1) is 0 Å². The van der Waals surface area contributed by atoms with Gasteiger partial charge in [-0.25, -0.2) is 0 Å². The molecule has 0 unspecified atom stereocenters. The van der Waals surface area contributed by atoms with Crippen LogP contribution in [0.4, 0.5) is 24.0 Å². The van der Waals surface area contributed by atoms with Crippen molar-refractivity contribution in [2.75, 3.05) is 0 Å². The summed E-state index contributed by atoms with van der Waals surface area (Å²) in [5.41, 5.74) is 0. The van der Waals surface area contributed by atoms with E-state index in [4.69, 9.17) is 75.0 Å². The van der Waals surface area contributed by atoms with Crippen molar-refractivity contribution in [3.8, 4) is 0 Å². The van der Waals surface area contributed by atoms with Crippen molar-refractivity contribution < 1.29 is 105 Å². The molecule has 0 aliphatic heterocycles. The molecule has 0 saturated heterocycles. The second-order valence-corrected chi connectivity index (χ2v) is 1.33. The summed E-state index contributed by atoms with van der Waals surface area (Å²) in [5, 5.41) is 76.5. The second kappa shape index (κ2) is 36.2. The van der Waals surface area contributed by atoms with Gasteiger partial charge in [0.25, 0.3) is 0 Å². The molecule has 0 amide bonds. The van der Waals surface area contributed by atoms with Crippen LogP contribution in [-0.4, -0.2) is 56.3 Å². The molecule has 0 fully saturated rings. The first kappa shape index (κ1) is 42.7. The normalized spacial score (nSPS) is 5.45. The van der Waals surface area contributed by atoms with Crippen LogP contribution < -0.4 is 55.1 Å². The van der Waals surface area contributed by atoms with Crippen LogP contribution in [0.25, 0.3) is 0 Å². The van der Waals surface area contributed by atoms with Crippen LogP contribution in [0.5, 0.6) is 0 Å². The minimum Gasteiger partial charge on any atom is -0.565 e. The van der Waals surface area contributed by atoms with Gasteiger partial charge in [0.2, 0.25) is 30.8 Å². The second-order valence-electron chi connectivity index (χ2n) is 1.33. The summed E-state index contributed by atoms with van der Waals surface area (Å²) in [5.74, 6) is 0. The smallest absolute Gasteiger partial charge is 0.565 e. The number of hydrogen-bond donors (Lipinski definition) is 5. The Kier molecular flexibility index (Phi) is 70.3. The van der Waals surface area contributed by atoms with Crippen LogP contribution in [0.1, 0.15) is 0 Å². The Labute approximate surface area is 143 Å². The molecule has 120 valence electrons. The van der Waals surface area contributed by atoms with Crippen molar-refractivity contribution in [3.63, 3.8) is 0 Å². The van der Waals surface area contributed by atoms with Crippen LogP contribution in [0, 0.1) is 7.43 Å². The molecule has 5 N–H and O–H groups in total. The average Bonchev–Trinajstić information content (AvgIpc) is 1.94. The molecule has 0 bridgehead atoms. The molecule has 0 aromatic carbocycles. The Bertz CT molecular complexity index is 209. The third kappa shape index (κ3) is 660. The van der Waals surface area contributed by atoms with Crippen LogP contribution in [0.2, 0.25) is 0 Å². The SMILES string of the molecule is O=C([O-])O.O=C([O-])O.O=C([O-])O.O=C([O-])O.O=C([O-])O.[C+4].[Na+]. The summed E-state index contributed by atoms with van der Waals surface area (Å²) >= 11 is 0. The van der Waals surface area contributed by atoms with E-state index in [1.165, 1.54) is 0 Å². The van der Waals surface area contributed by atoms with E-state index in [-0.39, 0.29) is 37.0 Å². The van der Waals surface area contributed by atoms with E-state index >= 15 is 0 Å². The molecule has 0 radical (unpaired) electrons. The fourth-order valence-electron chi connectivity index (χ4n) is 0. The molecule has 16 heteroatoms. The fourth-order valence-corrected chi connectivity index (χ4v) is 0. The maximum atomic E-state index is 8.44. The van der Waals surface area contributed by atoms with Crippen molar-refractivity contribution in [1.29, 1.82) is 0 Å². The molecular formula is C6H5NaO15. The zero-order valence-electron chi connectivity index (χ0n) is 10.3. The summed E-state index contributed by atoms with van der Waals surface area (Å²) < 4.78 is 0. The predicted molar refractivity (Wildman–Crippen MR) is 43.4 cm³/mol. The summed E-state index contributed by atoms with van der Waals surface area (Å²) in [7, 11) is 0. The van der Waals surface area contributed by atoms with Gasteiger partial charge >= 0.3 is 37.0 Å². The van der Waals surface area contributed by atoms with Gasteiger partial charge in [0, 0.05) is 0 Å². The largest absolute Gasteiger partial charge is 4.00 e. The van der Waals surface area contributed by atoms with Crippen molar-refractivity contribution in [2.24, 2.45) is 0 Å². The van der Waals surface area contributed by atoms with Gasteiger partial charge in [-0.05, 0) is 0 Å². The zero-order valence-corrected chi connectivity index (χ0v) is 12.3. The topological polar surface area (TPSA) is 302 Å². The predicted octanol–water partition coefficient (Wildman–Crippen LogP) is -8.48. The van der Waals surface area contributed by atoms with E-state index in [9.17, 15) is 0 Å². The fraction of sp³-hybridized carbons (Fsp3) is 0. The monoisotopic (exact) mass is 340 g/mol. The minimum atomic E-state index is -2.08. The quantitative estimate of drug-likeness (QED) is 0.255. The Hall–Kier alpha value is -2.65. The van der Waals surface area contributed by atoms with Crippen LogP contribution in [-0.2, 0) is 0 Å². The maximum Gasteiger partial charge on any atom is 4.00 e. The van der Waals surface area contributed by atoms with E-state index in [0.717, 1.165) is 0 Å². The first-order chi connectivity index (χ1) is 8.66. The Morgan fingerprint density at radius 1 is 0.455 bits per heavy atom. The molecular weight excluding hydrogens is 335 g/mol. The van der Waals surface area contributed by atoms with Gasteiger partial charge in [0.1, 0.15) is 0 Å². The van der Waals surface area contributed by atoms with Gasteiger partial charge in [-0.2, -0.15) is 0 Å². The maximum absolute atomic E-state index is 8.44. The van der Waals surface area contributed by atoms with E-state index in [1.54, 1.807) is 0 Å². The summed E-state index contributed by atoms with van der Waals surface area (Å²) in [6.45, 7) is 0.